The van der Waals surface area contributed by atoms with Gasteiger partial charge in [0.05, 0.1) is 0 Å². The fourth-order valence-electron chi connectivity index (χ4n) is 1.21. The summed E-state index contributed by atoms with van der Waals surface area (Å²) < 4.78 is 4.85. The number of ether oxygens (including phenoxy) is 1. The van der Waals surface area contributed by atoms with Crippen molar-refractivity contribution in [2.75, 3.05) is 20.3 Å². The van der Waals surface area contributed by atoms with Gasteiger partial charge in [-0.3, -0.25) is 4.79 Å². The van der Waals surface area contributed by atoms with Crippen LogP contribution in [0.3, 0.4) is 0 Å². The molecule has 2 N–H and O–H groups in total. The molecular weight excluding hydrogens is 182 g/mol. The van der Waals surface area contributed by atoms with Crippen LogP contribution < -0.4 is 5.32 Å². The summed E-state index contributed by atoms with van der Waals surface area (Å²) in [5.41, 5.74) is 0. The maximum Gasteiger partial charge on any atom is 0.220 e. The molecule has 0 fully saturated rings. The summed E-state index contributed by atoms with van der Waals surface area (Å²) in [6.45, 7) is 2.73. The summed E-state index contributed by atoms with van der Waals surface area (Å²) in [4.78, 5) is 11.3. The van der Waals surface area contributed by atoms with E-state index < -0.39 is 0 Å². The molecule has 0 aromatic heterocycles. The molecule has 1 amide bonds. The van der Waals surface area contributed by atoms with Crippen LogP contribution in [0.4, 0.5) is 0 Å². The highest BCUT2D eigenvalue weighted by Gasteiger charge is 2.08. The van der Waals surface area contributed by atoms with Gasteiger partial charge in [0.25, 0.3) is 0 Å². The number of amides is 1. The number of carbonyl (C=O) groups excluding carboxylic acids is 1. The number of hydrogen-bond donors (Lipinski definition) is 2. The van der Waals surface area contributed by atoms with Crippen molar-refractivity contribution in [3.8, 4) is 0 Å². The summed E-state index contributed by atoms with van der Waals surface area (Å²) in [5, 5.41) is 11.6. The molecule has 14 heavy (non-hydrogen) atoms. The number of nitrogens with one attached hydrogen (secondary N) is 1. The molecule has 0 aliphatic heterocycles. The molecule has 0 radical (unpaired) electrons. The molecule has 1 unspecified atom stereocenters. The predicted octanol–water partition coefficient (Wildman–Crippen LogP) is 0.690. The van der Waals surface area contributed by atoms with Gasteiger partial charge in [-0.2, -0.15) is 0 Å². The Morgan fingerprint density at radius 1 is 1.57 bits per heavy atom. The van der Waals surface area contributed by atoms with E-state index in [0.717, 1.165) is 12.8 Å². The first-order valence-corrected chi connectivity index (χ1v) is 5.13. The number of aliphatic hydroxyl groups is 1. The first-order valence-electron chi connectivity index (χ1n) is 5.13. The molecule has 0 aliphatic carbocycles. The first-order chi connectivity index (χ1) is 6.74. The average molecular weight is 203 g/mol. The van der Waals surface area contributed by atoms with Crippen LogP contribution >= 0.6 is 0 Å². The van der Waals surface area contributed by atoms with Crippen molar-refractivity contribution in [2.24, 2.45) is 0 Å². The van der Waals surface area contributed by atoms with Crippen LogP contribution in [-0.2, 0) is 9.53 Å². The van der Waals surface area contributed by atoms with Crippen molar-refractivity contribution >= 4 is 5.91 Å². The highest BCUT2D eigenvalue weighted by molar-refractivity contribution is 5.76. The third kappa shape index (κ3) is 6.86. The van der Waals surface area contributed by atoms with Gasteiger partial charge in [-0.15, -0.1) is 0 Å². The molecule has 0 saturated heterocycles. The Kier molecular flexibility index (Phi) is 8.57. The predicted molar refractivity (Wildman–Crippen MR) is 55.0 cm³/mol. The number of hydrogen-bond acceptors (Lipinski definition) is 3. The van der Waals surface area contributed by atoms with Crippen LogP contribution in [0.2, 0.25) is 0 Å². The summed E-state index contributed by atoms with van der Waals surface area (Å²) in [6.07, 6.45) is 2.73. The fourth-order valence-corrected chi connectivity index (χ4v) is 1.21. The third-order valence-corrected chi connectivity index (χ3v) is 2.09. The maximum atomic E-state index is 11.3. The van der Waals surface area contributed by atoms with E-state index in [1.165, 1.54) is 0 Å². The lowest BCUT2D eigenvalue weighted by molar-refractivity contribution is -0.122. The minimum absolute atomic E-state index is 0.0438. The highest BCUT2D eigenvalue weighted by atomic mass is 16.5. The summed E-state index contributed by atoms with van der Waals surface area (Å²) in [7, 11) is 1.62. The molecular formula is C10H21NO3. The van der Waals surface area contributed by atoms with Gasteiger partial charge in [0.1, 0.15) is 0 Å². The van der Waals surface area contributed by atoms with E-state index in [1.54, 1.807) is 7.11 Å². The minimum Gasteiger partial charge on any atom is -0.396 e. The van der Waals surface area contributed by atoms with Gasteiger partial charge in [0.15, 0.2) is 0 Å². The second-order valence-electron chi connectivity index (χ2n) is 3.28. The van der Waals surface area contributed by atoms with E-state index in [1.807, 2.05) is 6.92 Å². The van der Waals surface area contributed by atoms with Gasteiger partial charge in [0.2, 0.25) is 5.91 Å². The zero-order valence-corrected chi connectivity index (χ0v) is 9.08. The quantitative estimate of drug-likeness (QED) is 0.571. The Balaban J connectivity index is 3.56. The lowest BCUT2D eigenvalue weighted by Gasteiger charge is -2.15. The van der Waals surface area contributed by atoms with Crippen molar-refractivity contribution in [3.63, 3.8) is 0 Å². The molecule has 0 aliphatic rings. The Labute approximate surface area is 85.6 Å². The van der Waals surface area contributed by atoms with Crippen molar-refractivity contribution in [1.29, 1.82) is 0 Å². The topological polar surface area (TPSA) is 58.6 Å². The van der Waals surface area contributed by atoms with Gasteiger partial charge in [-0.25, -0.2) is 0 Å². The largest absolute Gasteiger partial charge is 0.396 e. The number of rotatable bonds is 8. The molecule has 84 valence electrons. The van der Waals surface area contributed by atoms with Crippen molar-refractivity contribution in [3.05, 3.63) is 0 Å². The van der Waals surface area contributed by atoms with Crippen molar-refractivity contribution in [2.45, 2.75) is 38.6 Å². The molecule has 0 aromatic carbocycles. The second kappa shape index (κ2) is 8.97. The second-order valence-corrected chi connectivity index (χ2v) is 3.28. The lowest BCUT2D eigenvalue weighted by Crippen LogP contribution is -2.34. The molecule has 0 heterocycles. The molecule has 1 atom stereocenters. The van der Waals surface area contributed by atoms with Gasteiger partial charge >= 0.3 is 0 Å². The Morgan fingerprint density at radius 3 is 2.79 bits per heavy atom. The van der Waals surface area contributed by atoms with Crippen LogP contribution in [0.5, 0.6) is 0 Å². The standard InChI is InChI=1S/C10H21NO3/c1-3-9(6-7-12)11-10(13)5-4-8-14-2/h9,12H,3-8H2,1-2H3,(H,11,13). The van der Waals surface area contributed by atoms with E-state index >= 15 is 0 Å². The van der Waals surface area contributed by atoms with E-state index in [-0.39, 0.29) is 18.6 Å². The van der Waals surface area contributed by atoms with Crippen LogP contribution in [0, 0.1) is 0 Å². The zero-order chi connectivity index (χ0) is 10.8. The van der Waals surface area contributed by atoms with Gasteiger partial charge in [0, 0.05) is 32.8 Å². The highest BCUT2D eigenvalue weighted by Crippen LogP contribution is 1.98. The molecule has 0 spiro atoms. The molecule has 4 nitrogen and oxygen atoms in total. The minimum atomic E-state index is 0.0438. The van der Waals surface area contributed by atoms with E-state index in [9.17, 15) is 4.79 Å². The molecule has 0 bridgehead atoms. The van der Waals surface area contributed by atoms with Crippen LogP contribution in [0.15, 0.2) is 0 Å². The van der Waals surface area contributed by atoms with Crippen LogP contribution in [-0.4, -0.2) is 37.4 Å². The number of methoxy groups -OCH3 is 1. The van der Waals surface area contributed by atoms with Gasteiger partial charge in [-0.05, 0) is 19.3 Å². The first kappa shape index (κ1) is 13.4. The zero-order valence-electron chi connectivity index (χ0n) is 9.08. The van der Waals surface area contributed by atoms with Crippen molar-refractivity contribution < 1.29 is 14.6 Å². The molecule has 0 rings (SSSR count). The maximum absolute atomic E-state index is 11.3. The van der Waals surface area contributed by atoms with E-state index in [0.29, 0.717) is 19.4 Å². The normalized spacial score (nSPS) is 12.5. The van der Waals surface area contributed by atoms with E-state index in [4.69, 9.17) is 9.84 Å². The smallest absolute Gasteiger partial charge is 0.220 e. The molecule has 0 aromatic rings. The Bertz CT molecular complexity index is 150. The van der Waals surface area contributed by atoms with Crippen LogP contribution in [0.1, 0.15) is 32.6 Å². The van der Waals surface area contributed by atoms with E-state index in [2.05, 4.69) is 5.32 Å². The monoisotopic (exact) mass is 203 g/mol. The SMILES string of the molecule is CCC(CCO)NC(=O)CCCOC. The molecule has 4 heteroatoms. The number of carbonyl (C=O) groups is 1. The summed E-state index contributed by atoms with van der Waals surface area (Å²) >= 11 is 0. The third-order valence-electron chi connectivity index (χ3n) is 2.09. The van der Waals surface area contributed by atoms with Crippen LogP contribution in [0.25, 0.3) is 0 Å². The average Bonchev–Trinajstić information content (AvgIpc) is 2.17. The van der Waals surface area contributed by atoms with Gasteiger partial charge in [-0.1, -0.05) is 6.92 Å². The summed E-state index contributed by atoms with van der Waals surface area (Å²) in [5.74, 6) is 0.0438. The van der Waals surface area contributed by atoms with Gasteiger partial charge < -0.3 is 15.2 Å². The van der Waals surface area contributed by atoms with Crippen molar-refractivity contribution in [1.82, 2.24) is 5.32 Å². The summed E-state index contributed by atoms with van der Waals surface area (Å²) in [6, 6.07) is 0.107. The Morgan fingerprint density at radius 2 is 2.29 bits per heavy atom. The molecule has 0 saturated carbocycles. The fraction of sp³-hybridized carbons (Fsp3) is 0.900. The number of aliphatic hydroxyl groups excluding tert-OH is 1. The Hall–Kier alpha value is -0.610. The lowest BCUT2D eigenvalue weighted by atomic mass is 10.1.